The predicted molar refractivity (Wildman–Crippen MR) is 76.2 cm³/mol. The van der Waals surface area contributed by atoms with E-state index in [0.717, 1.165) is 24.2 Å². The zero-order chi connectivity index (χ0) is 13.9. The largest absolute Gasteiger partial charge is 0.497 e. The summed E-state index contributed by atoms with van der Waals surface area (Å²) in [5.74, 6) is 1.41. The summed E-state index contributed by atoms with van der Waals surface area (Å²) in [5.41, 5.74) is 1.11. The van der Waals surface area contributed by atoms with Gasteiger partial charge in [0.1, 0.15) is 5.75 Å². The van der Waals surface area contributed by atoms with Crippen LogP contribution in [-0.2, 0) is 9.84 Å². The molecule has 0 aliphatic carbocycles. The first-order chi connectivity index (χ1) is 9.00. The van der Waals surface area contributed by atoms with Gasteiger partial charge in [-0.3, -0.25) is 0 Å². The highest BCUT2D eigenvalue weighted by Gasteiger charge is 2.25. The quantitative estimate of drug-likeness (QED) is 0.917. The summed E-state index contributed by atoms with van der Waals surface area (Å²) in [4.78, 5) is 0. The van der Waals surface area contributed by atoms with Gasteiger partial charge in [-0.15, -0.1) is 0 Å². The number of rotatable bonds is 4. The number of ether oxygens (including phenoxy) is 1. The Hall–Kier alpha value is -1.07. The van der Waals surface area contributed by atoms with Crippen LogP contribution < -0.4 is 10.1 Å². The van der Waals surface area contributed by atoms with Gasteiger partial charge < -0.3 is 10.1 Å². The van der Waals surface area contributed by atoms with Crippen LogP contribution in [0.3, 0.4) is 0 Å². The first-order valence-corrected chi connectivity index (χ1v) is 8.43. The molecule has 19 heavy (non-hydrogen) atoms. The molecule has 1 saturated heterocycles. The third-order valence-corrected chi connectivity index (χ3v) is 5.36. The molecule has 2 atom stereocenters. The third kappa shape index (κ3) is 3.94. The zero-order valence-corrected chi connectivity index (χ0v) is 12.2. The van der Waals surface area contributed by atoms with Crippen LogP contribution in [0.2, 0.25) is 0 Å². The van der Waals surface area contributed by atoms with Crippen LogP contribution in [0.4, 0.5) is 0 Å². The van der Waals surface area contributed by atoms with Crippen molar-refractivity contribution in [2.45, 2.75) is 31.8 Å². The van der Waals surface area contributed by atoms with Crippen molar-refractivity contribution in [3.8, 4) is 5.75 Å². The van der Waals surface area contributed by atoms with Gasteiger partial charge in [0, 0.05) is 12.1 Å². The van der Waals surface area contributed by atoms with Gasteiger partial charge in [-0.25, -0.2) is 8.42 Å². The molecule has 0 radical (unpaired) electrons. The summed E-state index contributed by atoms with van der Waals surface area (Å²) in [7, 11) is -1.22. The van der Waals surface area contributed by atoms with Gasteiger partial charge in [0.2, 0.25) is 0 Å². The predicted octanol–water partition coefficient (Wildman–Crippen LogP) is 1.92. The molecular weight excluding hydrogens is 262 g/mol. The van der Waals surface area contributed by atoms with Crippen LogP contribution in [0.25, 0.3) is 0 Å². The molecule has 0 amide bonds. The average Bonchev–Trinajstić information content (AvgIpc) is 2.37. The normalized spacial score (nSPS) is 23.8. The summed E-state index contributed by atoms with van der Waals surface area (Å²) in [6, 6.07) is 8.03. The van der Waals surface area contributed by atoms with E-state index in [-0.39, 0.29) is 17.8 Å². The van der Waals surface area contributed by atoms with Crippen molar-refractivity contribution in [1.29, 1.82) is 0 Å². The summed E-state index contributed by atoms with van der Waals surface area (Å²) < 4.78 is 28.4. The summed E-state index contributed by atoms with van der Waals surface area (Å²) in [6.45, 7) is 2.05. The standard InChI is InChI=1S/C14H21NO3S/c1-11(12-5-3-7-14(9-12)18-2)15-13-6-4-8-19(16,17)10-13/h3,5,7,9,11,13,15H,4,6,8,10H2,1-2H3/t11-,13?/m1/s1. The zero-order valence-electron chi connectivity index (χ0n) is 11.4. The first kappa shape index (κ1) is 14.3. The summed E-state index contributed by atoms with van der Waals surface area (Å²) >= 11 is 0. The van der Waals surface area contributed by atoms with E-state index in [1.54, 1.807) is 7.11 Å². The van der Waals surface area contributed by atoms with Crippen molar-refractivity contribution < 1.29 is 13.2 Å². The molecule has 1 fully saturated rings. The van der Waals surface area contributed by atoms with E-state index in [0.29, 0.717) is 5.75 Å². The molecular formula is C14H21NO3S. The van der Waals surface area contributed by atoms with E-state index in [1.807, 2.05) is 24.3 Å². The third-order valence-electron chi connectivity index (χ3n) is 3.54. The van der Waals surface area contributed by atoms with Crippen molar-refractivity contribution >= 4 is 9.84 Å². The Kier molecular flexibility index (Phi) is 4.47. The molecule has 1 heterocycles. The fourth-order valence-electron chi connectivity index (χ4n) is 2.51. The van der Waals surface area contributed by atoms with Crippen molar-refractivity contribution in [3.63, 3.8) is 0 Å². The minimum absolute atomic E-state index is 0.0555. The van der Waals surface area contributed by atoms with E-state index < -0.39 is 9.84 Å². The maximum Gasteiger partial charge on any atom is 0.151 e. The number of benzene rings is 1. The topological polar surface area (TPSA) is 55.4 Å². The SMILES string of the molecule is COc1cccc([C@@H](C)NC2CCCS(=O)(=O)C2)c1. The van der Waals surface area contributed by atoms with E-state index in [4.69, 9.17) is 4.74 Å². The van der Waals surface area contributed by atoms with Crippen LogP contribution >= 0.6 is 0 Å². The number of sulfone groups is 1. The lowest BCUT2D eigenvalue weighted by Gasteiger charge is -2.27. The molecule has 4 nitrogen and oxygen atoms in total. The fraction of sp³-hybridized carbons (Fsp3) is 0.571. The molecule has 1 aliphatic heterocycles. The van der Waals surface area contributed by atoms with Gasteiger partial charge in [-0.2, -0.15) is 0 Å². The molecule has 0 spiro atoms. The second-order valence-electron chi connectivity index (χ2n) is 5.12. The smallest absolute Gasteiger partial charge is 0.151 e. The Balaban J connectivity index is 2.02. The van der Waals surface area contributed by atoms with Crippen molar-refractivity contribution in [2.75, 3.05) is 18.6 Å². The van der Waals surface area contributed by atoms with E-state index >= 15 is 0 Å². The minimum atomic E-state index is -2.86. The van der Waals surface area contributed by atoms with Gasteiger partial charge >= 0.3 is 0 Å². The molecule has 106 valence electrons. The maximum absolute atomic E-state index is 11.6. The second-order valence-corrected chi connectivity index (χ2v) is 7.35. The highest BCUT2D eigenvalue weighted by Crippen LogP contribution is 2.21. The molecule has 0 bridgehead atoms. The maximum atomic E-state index is 11.6. The summed E-state index contributed by atoms with van der Waals surface area (Å²) in [5, 5.41) is 3.41. The Bertz CT molecular complexity index is 527. The van der Waals surface area contributed by atoms with E-state index in [2.05, 4.69) is 12.2 Å². The molecule has 1 aromatic carbocycles. The molecule has 1 unspecified atom stereocenters. The van der Waals surface area contributed by atoms with Gasteiger partial charge in [-0.05, 0) is 37.5 Å². The number of hydrogen-bond acceptors (Lipinski definition) is 4. The molecule has 5 heteroatoms. The Morgan fingerprint density at radius 2 is 2.21 bits per heavy atom. The van der Waals surface area contributed by atoms with Crippen LogP contribution in [-0.4, -0.2) is 33.1 Å². The molecule has 2 rings (SSSR count). The molecule has 1 aliphatic rings. The van der Waals surface area contributed by atoms with Crippen molar-refractivity contribution in [1.82, 2.24) is 5.32 Å². The number of methoxy groups -OCH3 is 1. The van der Waals surface area contributed by atoms with Crippen LogP contribution in [0.1, 0.15) is 31.4 Å². The number of nitrogens with one attached hydrogen (secondary N) is 1. The molecule has 1 N–H and O–H groups in total. The second kappa shape index (κ2) is 5.92. The highest BCUT2D eigenvalue weighted by molar-refractivity contribution is 7.91. The van der Waals surface area contributed by atoms with Crippen molar-refractivity contribution in [3.05, 3.63) is 29.8 Å². The van der Waals surface area contributed by atoms with Gasteiger partial charge in [0.25, 0.3) is 0 Å². The van der Waals surface area contributed by atoms with Crippen LogP contribution in [0, 0.1) is 0 Å². The lowest BCUT2D eigenvalue weighted by atomic mass is 10.1. The van der Waals surface area contributed by atoms with E-state index in [9.17, 15) is 8.42 Å². The van der Waals surface area contributed by atoms with E-state index in [1.165, 1.54) is 0 Å². The highest BCUT2D eigenvalue weighted by atomic mass is 32.2. The van der Waals surface area contributed by atoms with Crippen LogP contribution in [0.15, 0.2) is 24.3 Å². The summed E-state index contributed by atoms with van der Waals surface area (Å²) in [6.07, 6.45) is 1.68. The minimum Gasteiger partial charge on any atom is -0.497 e. The monoisotopic (exact) mass is 283 g/mol. The Morgan fingerprint density at radius 1 is 1.42 bits per heavy atom. The van der Waals surface area contributed by atoms with Gasteiger partial charge in [0.05, 0.1) is 18.6 Å². The average molecular weight is 283 g/mol. The molecule has 0 aromatic heterocycles. The Labute approximate surface area is 115 Å². The number of hydrogen-bond donors (Lipinski definition) is 1. The fourth-order valence-corrected chi connectivity index (χ4v) is 4.16. The first-order valence-electron chi connectivity index (χ1n) is 6.60. The van der Waals surface area contributed by atoms with Gasteiger partial charge in [-0.1, -0.05) is 12.1 Å². The van der Waals surface area contributed by atoms with Crippen LogP contribution in [0.5, 0.6) is 5.75 Å². The van der Waals surface area contributed by atoms with Crippen molar-refractivity contribution in [2.24, 2.45) is 0 Å². The van der Waals surface area contributed by atoms with Gasteiger partial charge in [0.15, 0.2) is 9.84 Å². The lowest BCUT2D eigenvalue weighted by molar-refractivity contribution is 0.410. The lowest BCUT2D eigenvalue weighted by Crippen LogP contribution is -2.41. The molecule has 1 aromatic rings. The Morgan fingerprint density at radius 3 is 2.89 bits per heavy atom. The molecule has 0 saturated carbocycles.